The maximum absolute atomic E-state index is 10.3. The third-order valence-corrected chi connectivity index (χ3v) is 1.82. The van der Waals surface area contributed by atoms with Crippen molar-refractivity contribution in [3.63, 3.8) is 0 Å². The second-order valence-electron chi connectivity index (χ2n) is 3.34. The van der Waals surface area contributed by atoms with Crippen LogP contribution < -0.4 is 0 Å². The van der Waals surface area contributed by atoms with Crippen LogP contribution in [0.3, 0.4) is 0 Å². The standard InChI is InChI=1S/C8H6O4.2C4H6O/c9-7(10)5-1-2-6(4-3-5)8(11)12;2*1-2-3-4-5/h1-4H,(H,9,10)(H,11,12);2*2-5H,1H2. The fraction of sp³-hybridized carbons (Fsp3) is 0. The maximum atomic E-state index is 10.3. The van der Waals surface area contributed by atoms with Gasteiger partial charge in [0.15, 0.2) is 0 Å². The monoisotopic (exact) mass is 306 g/mol. The fourth-order valence-electron chi connectivity index (χ4n) is 0.877. The lowest BCUT2D eigenvalue weighted by Gasteiger charge is -1.94. The van der Waals surface area contributed by atoms with Crippen molar-refractivity contribution in [2.75, 3.05) is 0 Å². The minimum atomic E-state index is -1.06. The summed E-state index contributed by atoms with van der Waals surface area (Å²) in [5.74, 6) is -2.13. The lowest BCUT2D eigenvalue weighted by Crippen LogP contribution is -1.99. The van der Waals surface area contributed by atoms with E-state index in [0.717, 1.165) is 12.5 Å². The van der Waals surface area contributed by atoms with Crippen LogP contribution >= 0.6 is 0 Å². The fourth-order valence-corrected chi connectivity index (χ4v) is 0.877. The maximum Gasteiger partial charge on any atom is 0.335 e. The summed E-state index contributed by atoms with van der Waals surface area (Å²) in [6, 6.07) is 5.02. The minimum absolute atomic E-state index is 0.0833. The van der Waals surface area contributed by atoms with E-state index in [1.807, 2.05) is 0 Å². The molecule has 0 unspecified atom stereocenters. The molecule has 1 aromatic rings. The van der Waals surface area contributed by atoms with Crippen LogP contribution in [0.4, 0.5) is 0 Å². The van der Waals surface area contributed by atoms with E-state index in [2.05, 4.69) is 13.2 Å². The highest BCUT2D eigenvalue weighted by Gasteiger charge is 2.04. The van der Waals surface area contributed by atoms with Gasteiger partial charge in [-0.05, 0) is 36.4 Å². The van der Waals surface area contributed by atoms with Gasteiger partial charge in [-0.1, -0.05) is 25.3 Å². The number of hydrogen-bond donors (Lipinski definition) is 4. The molecule has 0 saturated carbocycles. The Morgan fingerprint density at radius 2 is 1.05 bits per heavy atom. The first-order chi connectivity index (χ1) is 10.4. The van der Waals surface area contributed by atoms with Crippen molar-refractivity contribution in [3.8, 4) is 0 Å². The molecule has 0 aliphatic heterocycles. The van der Waals surface area contributed by atoms with E-state index in [-0.39, 0.29) is 11.1 Å². The molecule has 0 amide bonds. The highest BCUT2D eigenvalue weighted by Crippen LogP contribution is 2.03. The molecule has 0 spiro atoms. The number of carboxylic acid groups (broad SMARTS) is 2. The SMILES string of the molecule is C=CC=CO.C=CC=CO.O=C(O)c1ccc(C(=O)O)cc1. The summed E-state index contributed by atoms with van der Waals surface area (Å²) in [6.45, 7) is 6.61. The molecule has 118 valence electrons. The number of aliphatic hydroxyl groups excluding tert-OH is 2. The first kappa shape index (κ1) is 21.0. The first-order valence-electron chi connectivity index (χ1n) is 5.84. The van der Waals surface area contributed by atoms with Crippen LogP contribution in [0.15, 0.2) is 74.3 Å². The van der Waals surface area contributed by atoms with E-state index < -0.39 is 11.9 Å². The molecular weight excluding hydrogens is 288 g/mol. The zero-order valence-corrected chi connectivity index (χ0v) is 11.8. The topological polar surface area (TPSA) is 115 Å². The third kappa shape index (κ3) is 11.8. The van der Waals surface area contributed by atoms with Crippen molar-refractivity contribution in [2.45, 2.75) is 0 Å². The van der Waals surface area contributed by atoms with Gasteiger partial charge in [-0.3, -0.25) is 0 Å². The molecule has 0 aromatic heterocycles. The van der Waals surface area contributed by atoms with Gasteiger partial charge in [-0.25, -0.2) is 9.59 Å². The average molecular weight is 306 g/mol. The Bertz CT molecular complexity index is 477. The van der Waals surface area contributed by atoms with Gasteiger partial charge in [0, 0.05) is 0 Å². The van der Waals surface area contributed by atoms with Crippen molar-refractivity contribution in [3.05, 3.63) is 85.4 Å². The molecule has 0 radical (unpaired) electrons. The lowest BCUT2D eigenvalue weighted by atomic mass is 10.1. The van der Waals surface area contributed by atoms with E-state index in [4.69, 9.17) is 20.4 Å². The number of carbonyl (C=O) groups is 2. The molecular formula is C16H18O6. The molecule has 1 aromatic carbocycles. The van der Waals surface area contributed by atoms with Gasteiger partial charge in [0.1, 0.15) is 0 Å². The molecule has 6 heteroatoms. The average Bonchev–Trinajstić information content (AvgIpc) is 2.50. The molecule has 0 bridgehead atoms. The van der Waals surface area contributed by atoms with Gasteiger partial charge < -0.3 is 20.4 Å². The summed E-state index contributed by atoms with van der Waals surface area (Å²) in [7, 11) is 0. The zero-order valence-electron chi connectivity index (χ0n) is 11.8. The number of aliphatic hydroxyl groups is 2. The molecule has 0 atom stereocenters. The van der Waals surface area contributed by atoms with Gasteiger partial charge in [0.25, 0.3) is 0 Å². The smallest absolute Gasteiger partial charge is 0.335 e. The van der Waals surface area contributed by atoms with E-state index in [9.17, 15) is 9.59 Å². The van der Waals surface area contributed by atoms with Gasteiger partial charge in [-0.2, -0.15) is 0 Å². The third-order valence-electron chi connectivity index (χ3n) is 1.82. The lowest BCUT2D eigenvalue weighted by molar-refractivity contribution is 0.0681. The normalized spacial score (nSPS) is 9.09. The highest BCUT2D eigenvalue weighted by molar-refractivity contribution is 5.91. The van der Waals surface area contributed by atoms with E-state index >= 15 is 0 Å². The summed E-state index contributed by atoms with van der Waals surface area (Å²) in [5, 5.41) is 32.6. The second kappa shape index (κ2) is 14.1. The molecule has 4 N–H and O–H groups in total. The van der Waals surface area contributed by atoms with Crippen LogP contribution in [0.25, 0.3) is 0 Å². The number of carboxylic acids is 2. The number of benzene rings is 1. The van der Waals surface area contributed by atoms with Crippen LogP contribution in [0.5, 0.6) is 0 Å². The molecule has 0 aliphatic carbocycles. The predicted molar refractivity (Wildman–Crippen MR) is 84.3 cm³/mol. The van der Waals surface area contributed by atoms with Gasteiger partial charge in [0.05, 0.1) is 23.7 Å². The molecule has 0 saturated heterocycles. The van der Waals surface area contributed by atoms with Crippen LogP contribution in [-0.4, -0.2) is 32.4 Å². The second-order valence-corrected chi connectivity index (χ2v) is 3.34. The van der Waals surface area contributed by atoms with Crippen molar-refractivity contribution < 1.29 is 30.0 Å². The number of aromatic carboxylic acids is 2. The molecule has 1 rings (SSSR count). The Hall–Kier alpha value is -3.28. The minimum Gasteiger partial charge on any atom is -0.516 e. The highest BCUT2D eigenvalue weighted by atomic mass is 16.4. The summed E-state index contributed by atoms with van der Waals surface area (Å²) in [4.78, 5) is 20.7. The summed E-state index contributed by atoms with van der Waals surface area (Å²) in [5.41, 5.74) is 0.167. The molecule has 0 aliphatic rings. The summed E-state index contributed by atoms with van der Waals surface area (Å²) >= 11 is 0. The Kier molecular flexibility index (Phi) is 13.5. The van der Waals surface area contributed by atoms with E-state index in [1.54, 1.807) is 0 Å². The van der Waals surface area contributed by atoms with Crippen LogP contribution in [-0.2, 0) is 0 Å². The van der Waals surface area contributed by atoms with E-state index in [1.165, 1.54) is 48.6 Å². The Morgan fingerprint density at radius 1 is 0.773 bits per heavy atom. The van der Waals surface area contributed by atoms with Crippen LogP contribution in [0, 0.1) is 0 Å². The van der Waals surface area contributed by atoms with Gasteiger partial charge in [0.2, 0.25) is 0 Å². The molecule has 22 heavy (non-hydrogen) atoms. The Labute approximate surface area is 128 Å². The molecule has 0 fully saturated rings. The largest absolute Gasteiger partial charge is 0.516 e. The van der Waals surface area contributed by atoms with Crippen molar-refractivity contribution >= 4 is 11.9 Å². The Morgan fingerprint density at radius 3 is 1.14 bits per heavy atom. The first-order valence-corrected chi connectivity index (χ1v) is 5.84. The predicted octanol–water partition coefficient (Wildman–Crippen LogP) is 3.57. The quantitative estimate of drug-likeness (QED) is 0.499. The van der Waals surface area contributed by atoms with Crippen molar-refractivity contribution in [1.82, 2.24) is 0 Å². The number of allylic oxidation sites excluding steroid dienone is 4. The van der Waals surface area contributed by atoms with Crippen LogP contribution in [0.2, 0.25) is 0 Å². The van der Waals surface area contributed by atoms with Gasteiger partial charge >= 0.3 is 11.9 Å². The summed E-state index contributed by atoms with van der Waals surface area (Å²) < 4.78 is 0. The van der Waals surface area contributed by atoms with Crippen molar-refractivity contribution in [2.24, 2.45) is 0 Å². The molecule has 0 heterocycles. The number of hydrogen-bond acceptors (Lipinski definition) is 4. The number of rotatable bonds is 4. The van der Waals surface area contributed by atoms with E-state index in [0.29, 0.717) is 0 Å². The zero-order chi connectivity index (χ0) is 17.4. The summed E-state index contributed by atoms with van der Waals surface area (Å²) in [6.07, 6.45) is 7.76. The van der Waals surface area contributed by atoms with Gasteiger partial charge in [-0.15, -0.1) is 0 Å². The molecule has 6 nitrogen and oxygen atoms in total. The van der Waals surface area contributed by atoms with Crippen molar-refractivity contribution in [1.29, 1.82) is 0 Å². The Balaban J connectivity index is 0. The van der Waals surface area contributed by atoms with Crippen LogP contribution in [0.1, 0.15) is 20.7 Å².